The van der Waals surface area contributed by atoms with Crippen molar-refractivity contribution in [2.24, 2.45) is 0 Å². The maximum atomic E-state index is 12.2. The van der Waals surface area contributed by atoms with Gasteiger partial charge in [0.05, 0.1) is 12.7 Å². The minimum atomic E-state index is -0.810. The van der Waals surface area contributed by atoms with Crippen LogP contribution in [-0.2, 0) is 16.1 Å². The summed E-state index contributed by atoms with van der Waals surface area (Å²) < 4.78 is 4.95. The molecular weight excluding hydrogens is 222 g/mol. The molecule has 0 bridgehead atoms. The summed E-state index contributed by atoms with van der Waals surface area (Å²) in [5.41, 5.74) is -0.810. The monoisotopic (exact) mass is 237 g/mol. The molecule has 1 atom stereocenters. The number of carbonyl (C=O) groups excluding carboxylic acids is 2. The highest BCUT2D eigenvalue weighted by atomic mass is 16.5. The fourth-order valence-electron chi connectivity index (χ4n) is 1.87. The van der Waals surface area contributed by atoms with Crippen molar-refractivity contribution in [3.8, 4) is 0 Å². The van der Waals surface area contributed by atoms with E-state index in [2.05, 4.69) is 10.5 Å². The Kier molecular flexibility index (Phi) is 2.87. The standard InChI is InChI=1S/C11H15N3O3/c1-3-11(2)10(16)14(7-9(15)13-11)6-8-4-5-12-17-8/h4-5H,3,6-7H2,1-2H3,(H,13,15). The third kappa shape index (κ3) is 2.15. The van der Waals surface area contributed by atoms with Crippen LogP contribution in [0.1, 0.15) is 26.0 Å². The molecule has 1 aromatic heterocycles. The van der Waals surface area contributed by atoms with Gasteiger partial charge in [-0.05, 0) is 13.3 Å². The minimum Gasteiger partial charge on any atom is -0.360 e. The molecule has 1 fully saturated rings. The van der Waals surface area contributed by atoms with Crippen LogP contribution in [-0.4, -0.2) is 34.0 Å². The van der Waals surface area contributed by atoms with E-state index in [0.717, 1.165) is 0 Å². The van der Waals surface area contributed by atoms with Crippen LogP contribution in [0.25, 0.3) is 0 Å². The molecule has 1 unspecified atom stereocenters. The zero-order valence-corrected chi connectivity index (χ0v) is 9.90. The second-order valence-corrected chi connectivity index (χ2v) is 4.37. The average Bonchev–Trinajstić information content (AvgIpc) is 2.78. The molecule has 0 radical (unpaired) electrons. The molecule has 0 saturated carbocycles. The SMILES string of the molecule is CCC1(C)NC(=O)CN(Cc2ccno2)C1=O. The van der Waals surface area contributed by atoms with Crippen LogP contribution in [0.15, 0.2) is 16.8 Å². The van der Waals surface area contributed by atoms with E-state index in [9.17, 15) is 9.59 Å². The van der Waals surface area contributed by atoms with Gasteiger partial charge >= 0.3 is 0 Å². The van der Waals surface area contributed by atoms with Gasteiger partial charge in [0.15, 0.2) is 5.76 Å². The molecule has 2 amide bonds. The van der Waals surface area contributed by atoms with E-state index in [-0.39, 0.29) is 24.9 Å². The highest BCUT2D eigenvalue weighted by molar-refractivity contribution is 5.97. The molecule has 1 aromatic rings. The van der Waals surface area contributed by atoms with Gasteiger partial charge in [-0.25, -0.2) is 0 Å². The Labute approximate surface area is 98.9 Å². The third-order valence-corrected chi connectivity index (χ3v) is 3.05. The second-order valence-electron chi connectivity index (χ2n) is 4.37. The van der Waals surface area contributed by atoms with Crippen LogP contribution < -0.4 is 5.32 Å². The second kappa shape index (κ2) is 4.20. The van der Waals surface area contributed by atoms with Gasteiger partial charge < -0.3 is 14.7 Å². The van der Waals surface area contributed by atoms with E-state index in [0.29, 0.717) is 12.2 Å². The number of piperazine rings is 1. The Morgan fingerprint density at radius 2 is 2.35 bits per heavy atom. The number of aromatic nitrogens is 1. The highest BCUT2D eigenvalue weighted by Crippen LogP contribution is 2.19. The Hall–Kier alpha value is -1.85. The van der Waals surface area contributed by atoms with Crippen LogP contribution in [0.4, 0.5) is 0 Å². The molecule has 1 aliphatic heterocycles. The fraction of sp³-hybridized carbons (Fsp3) is 0.545. The van der Waals surface area contributed by atoms with Gasteiger partial charge in [-0.3, -0.25) is 9.59 Å². The minimum absolute atomic E-state index is 0.0646. The Bertz CT molecular complexity index is 429. The first kappa shape index (κ1) is 11.6. The normalized spacial score (nSPS) is 24.9. The van der Waals surface area contributed by atoms with Crippen molar-refractivity contribution < 1.29 is 14.1 Å². The van der Waals surface area contributed by atoms with E-state index < -0.39 is 5.54 Å². The molecule has 92 valence electrons. The van der Waals surface area contributed by atoms with Crippen molar-refractivity contribution in [3.63, 3.8) is 0 Å². The lowest BCUT2D eigenvalue weighted by atomic mass is 9.94. The van der Waals surface area contributed by atoms with Gasteiger partial charge in [0.25, 0.3) is 0 Å². The van der Waals surface area contributed by atoms with Crippen molar-refractivity contribution in [2.45, 2.75) is 32.4 Å². The lowest BCUT2D eigenvalue weighted by molar-refractivity contribution is -0.150. The molecule has 6 heteroatoms. The van der Waals surface area contributed by atoms with Gasteiger partial charge in [-0.1, -0.05) is 12.1 Å². The molecule has 2 rings (SSSR count). The van der Waals surface area contributed by atoms with Crippen LogP contribution in [0.5, 0.6) is 0 Å². The van der Waals surface area contributed by atoms with Crippen LogP contribution in [0, 0.1) is 0 Å². The molecule has 6 nitrogen and oxygen atoms in total. The number of hydrogen-bond donors (Lipinski definition) is 1. The first-order chi connectivity index (χ1) is 8.05. The molecule has 0 spiro atoms. The van der Waals surface area contributed by atoms with Crippen molar-refractivity contribution in [1.82, 2.24) is 15.4 Å². The summed E-state index contributed by atoms with van der Waals surface area (Å²) in [6.07, 6.45) is 2.08. The van der Waals surface area contributed by atoms with E-state index in [4.69, 9.17) is 4.52 Å². The van der Waals surface area contributed by atoms with Crippen LogP contribution in [0.3, 0.4) is 0 Å². The summed E-state index contributed by atoms with van der Waals surface area (Å²) in [6, 6.07) is 1.68. The quantitative estimate of drug-likeness (QED) is 0.820. The van der Waals surface area contributed by atoms with Gasteiger partial charge in [0, 0.05) is 6.07 Å². The number of hydrogen-bond acceptors (Lipinski definition) is 4. The fourth-order valence-corrected chi connectivity index (χ4v) is 1.87. The first-order valence-corrected chi connectivity index (χ1v) is 5.55. The van der Waals surface area contributed by atoms with Gasteiger partial charge in [0.2, 0.25) is 11.8 Å². The van der Waals surface area contributed by atoms with E-state index in [1.54, 1.807) is 13.0 Å². The lowest BCUT2D eigenvalue weighted by Gasteiger charge is -2.38. The van der Waals surface area contributed by atoms with E-state index >= 15 is 0 Å². The summed E-state index contributed by atoms with van der Waals surface area (Å²) in [5, 5.41) is 6.30. The summed E-state index contributed by atoms with van der Waals surface area (Å²) in [6.45, 7) is 3.95. The Morgan fingerprint density at radius 1 is 1.59 bits per heavy atom. The predicted octanol–water partition coefficient (Wildman–Crippen LogP) is 0.302. The molecule has 1 N–H and O–H groups in total. The lowest BCUT2D eigenvalue weighted by Crippen LogP contribution is -2.64. The first-order valence-electron chi connectivity index (χ1n) is 5.55. The largest absolute Gasteiger partial charge is 0.360 e. The number of carbonyl (C=O) groups is 2. The van der Waals surface area contributed by atoms with Gasteiger partial charge in [-0.15, -0.1) is 0 Å². The van der Waals surface area contributed by atoms with E-state index in [1.807, 2.05) is 6.92 Å². The van der Waals surface area contributed by atoms with Gasteiger partial charge in [-0.2, -0.15) is 0 Å². The summed E-state index contributed by atoms with van der Waals surface area (Å²) in [5.74, 6) is 0.343. The summed E-state index contributed by atoms with van der Waals surface area (Å²) >= 11 is 0. The number of nitrogens with one attached hydrogen (secondary N) is 1. The molecular formula is C11H15N3O3. The number of amides is 2. The molecule has 0 aromatic carbocycles. The van der Waals surface area contributed by atoms with Crippen molar-refractivity contribution in [3.05, 3.63) is 18.0 Å². The van der Waals surface area contributed by atoms with Crippen molar-refractivity contribution >= 4 is 11.8 Å². The third-order valence-electron chi connectivity index (χ3n) is 3.05. The van der Waals surface area contributed by atoms with Crippen LogP contribution in [0.2, 0.25) is 0 Å². The maximum Gasteiger partial charge on any atom is 0.248 e. The Morgan fingerprint density at radius 3 is 2.94 bits per heavy atom. The summed E-state index contributed by atoms with van der Waals surface area (Å²) in [7, 11) is 0. The predicted molar refractivity (Wildman–Crippen MR) is 58.8 cm³/mol. The van der Waals surface area contributed by atoms with Crippen molar-refractivity contribution in [2.75, 3.05) is 6.54 Å². The number of nitrogens with zero attached hydrogens (tertiary/aromatic N) is 2. The molecule has 0 aliphatic carbocycles. The summed E-state index contributed by atoms with van der Waals surface area (Å²) in [4.78, 5) is 25.3. The molecule has 2 heterocycles. The van der Waals surface area contributed by atoms with Crippen molar-refractivity contribution in [1.29, 1.82) is 0 Å². The molecule has 1 saturated heterocycles. The zero-order chi connectivity index (χ0) is 12.5. The zero-order valence-electron chi connectivity index (χ0n) is 9.90. The maximum absolute atomic E-state index is 12.2. The average molecular weight is 237 g/mol. The smallest absolute Gasteiger partial charge is 0.248 e. The van der Waals surface area contributed by atoms with Gasteiger partial charge in [0.1, 0.15) is 12.1 Å². The topological polar surface area (TPSA) is 75.4 Å². The molecule has 1 aliphatic rings. The highest BCUT2D eigenvalue weighted by Gasteiger charge is 2.41. The Balaban J connectivity index is 2.16. The molecule has 17 heavy (non-hydrogen) atoms. The van der Waals surface area contributed by atoms with Crippen LogP contribution >= 0.6 is 0 Å². The number of rotatable bonds is 3. The van der Waals surface area contributed by atoms with E-state index in [1.165, 1.54) is 11.1 Å².